The van der Waals surface area contributed by atoms with Gasteiger partial charge >= 0.3 is 6.09 Å². The van der Waals surface area contributed by atoms with E-state index in [2.05, 4.69) is 10.6 Å². The Labute approximate surface area is 125 Å². The van der Waals surface area contributed by atoms with Gasteiger partial charge in [-0.15, -0.1) is 0 Å². The molecule has 0 aliphatic rings. The van der Waals surface area contributed by atoms with E-state index in [9.17, 15) is 9.59 Å². The second-order valence-electron chi connectivity index (χ2n) is 5.47. The molecule has 0 aromatic heterocycles. The number of amides is 2. The van der Waals surface area contributed by atoms with Crippen LogP contribution in [0.5, 0.6) is 0 Å². The highest BCUT2D eigenvalue weighted by Crippen LogP contribution is 2.06. The van der Waals surface area contributed by atoms with Gasteiger partial charge in [0.1, 0.15) is 12.1 Å². The maximum atomic E-state index is 11.5. The van der Waals surface area contributed by atoms with Crippen LogP contribution in [-0.2, 0) is 9.53 Å². The van der Waals surface area contributed by atoms with E-state index in [1.807, 2.05) is 42.5 Å². The third-order valence-electron chi connectivity index (χ3n) is 2.32. The van der Waals surface area contributed by atoms with E-state index in [0.29, 0.717) is 6.54 Å². The van der Waals surface area contributed by atoms with Crippen LogP contribution in [0, 0.1) is 0 Å². The van der Waals surface area contributed by atoms with Gasteiger partial charge in [0.15, 0.2) is 0 Å². The summed E-state index contributed by atoms with van der Waals surface area (Å²) in [5.41, 5.74) is 0.498. The molecule has 0 heterocycles. The van der Waals surface area contributed by atoms with Crippen LogP contribution in [-0.4, -0.2) is 30.7 Å². The van der Waals surface area contributed by atoms with Gasteiger partial charge in [0, 0.05) is 6.54 Å². The van der Waals surface area contributed by atoms with Gasteiger partial charge < -0.3 is 15.4 Å². The fraction of sp³-hybridized carbons (Fsp3) is 0.375. The van der Waals surface area contributed by atoms with Crippen molar-refractivity contribution in [2.45, 2.75) is 26.4 Å². The van der Waals surface area contributed by atoms with E-state index in [1.165, 1.54) is 0 Å². The standard InChI is InChI=1S/C16H22N2O3/c1-16(2,3)21-15(20)18-12-14(19)17-11-7-10-13-8-5-4-6-9-13/h4-10H,11-12H2,1-3H3,(H,17,19)(H,18,20)/b10-7+. The quantitative estimate of drug-likeness (QED) is 0.874. The van der Waals surface area contributed by atoms with Gasteiger partial charge in [-0.25, -0.2) is 4.79 Å². The van der Waals surface area contributed by atoms with Crippen LogP contribution < -0.4 is 10.6 Å². The number of hydrogen-bond acceptors (Lipinski definition) is 3. The topological polar surface area (TPSA) is 67.4 Å². The Hall–Kier alpha value is -2.30. The molecular formula is C16H22N2O3. The first-order valence-electron chi connectivity index (χ1n) is 6.82. The van der Waals surface area contributed by atoms with Crippen LogP contribution in [0.25, 0.3) is 6.08 Å². The summed E-state index contributed by atoms with van der Waals surface area (Å²) in [5, 5.41) is 5.08. The van der Waals surface area contributed by atoms with Crippen LogP contribution in [0.4, 0.5) is 4.79 Å². The van der Waals surface area contributed by atoms with Crippen LogP contribution in [0.3, 0.4) is 0 Å². The van der Waals surface area contributed by atoms with Crippen molar-refractivity contribution >= 4 is 18.1 Å². The van der Waals surface area contributed by atoms with Gasteiger partial charge in [0.25, 0.3) is 0 Å². The molecule has 0 saturated carbocycles. The molecular weight excluding hydrogens is 268 g/mol. The zero-order chi connectivity index (χ0) is 15.7. The minimum Gasteiger partial charge on any atom is -0.444 e. The maximum Gasteiger partial charge on any atom is 0.408 e. The molecule has 114 valence electrons. The molecule has 2 N–H and O–H groups in total. The number of carbonyl (C=O) groups is 2. The molecule has 0 atom stereocenters. The molecule has 0 bridgehead atoms. The average molecular weight is 290 g/mol. The Morgan fingerprint density at radius 1 is 1.14 bits per heavy atom. The molecule has 5 heteroatoms. The molecule has 0 unspecified atom stereocenters. The SMILES string of the molecule is CC(C)(C)OC(=O)NCC(=O)NC/C=C/c1ccccc1. The Morgan fingerprint density at radius 2 is 1.81 bits per heavy atom. The summed E-state index contributed by atoms with van der Waals surface area (Å²) in [6.07, 6.45) is 3.17. The van der Waals surface area contributed by atoms with Crippen LogP contribution in [0.15, 0.2) is 36.4 Å². The molecule has 21 heavy (non-hydrogen) atoms. The van der Waals surface area contributed by atoms with Gasteiger partial charge in [-0.1, -0.05) is 42.5 Å². The lowest BCUT2D eigenvalue weighted by molar-refractivity contribution is -0.120. The second-order valence-corrected chi connectivity index (χ2v) is 5.47. The summed E-state index contributed by atoms with van der Waals surface area (Å²) in [4.78, 5) is 22.9. The fourth-order valence-corrected chi connectivity index (χ4v) is 1.46. The number of alkyl carbamates (subject to hydrolysis) is 1. The van der Waals surface area contributed by atoms with Gasteiger partial charge in [0.05, 0.1) is 0 Å². The number of benzene rings is 1. The van der Waals surface area contributed by atoms with E-state index < -0.39 is 11.7 Å². The normalized spacial score (nSPS) is 11.2. The van der Waals surface area contributed by atoms with E-state index in [-0.39, 0.29) is 12.5 Å². The molecule has 5 nitrogen and oxygen atoms in total. The zero-order valence-electron chi connectivity index (χ0n) is 12.7. The molecule has 1 rings (SSSR count). The summed E-state index contributed by atoms with van der Waals surface area (Å²) in [5.74, 6) is -0.265. The highest BCUT2D eigenvalue weighted by Gasteiger charge is 2.16. The number of ether oxygens (including phenoxy) is 1. The summed E-state index contributed by atoms with van der Waals surface area (Å²) < 4.78 is 5.03. The summed E-state index contributed by atoms with van der Waals surface area (Å²) in [6, 6.07) is 9.79. The van der Waals surface area contributed by atoms with Gasteiger partial charge in [-0.05, 0) is 26.3 Å². The van der Waals surface area contributed by atoms with Gasteiger partial charge in [-0.3, -0.25) is 4.79 Å². The van der Waals surface area contributed by atoms with Crippen LogP contribution >= 0.6 is 0 Å². The minimum atomic E-state index is -0.600. The lowest BCUT2D eigenvalue weighted by Gasteiger charge is -2.19. The van der Waals surface area contributed by atoms with E-state index in [0.717, 1.165) is 5.56 Å². The predicted molar refractivity (Wildman–Crippen MR) is 82.7 cm³/mol. The van der Waals surface area contributed by atoms with E-state index in [1.54, 1.807) is 20.8 Å². The maximum absolute atomic E-state index is 11.5. The molecule has 0 spiro atoms. The van der Waals surface area contributed by atoms with E-state index >= 15 is 0 Å². The first-order valence-corrected chi connectivity index (χ1v) is 6.82. The largest absolute Gasteiger partial charge is 0.444 e. The Bertz CT molecular complexity index is 490. The summed E-state index contributed by atoms with van der Waals surface area (Å²) >= 11 is 0. The Balaban J connectivity index is 2.20. The minimum absolute atomic E-state index is 0.103. The third-order valence-corrected chi connectivity index (χ3v) is 2.32. The van der Waals surface area contributed by atoms with Crippen molar-refractivity contribution in [3.8, 4) is 0 Å². The van der Waals surface area contributed by atoms with Crippen molar-refractivity contribution in [3.05, 3.63) is 42.0 Å². The molecule has 0 aliphatic carbocycles. The smallest absolute Gasteiger partial charge is 0.408 e. The van der Waals surface area contributed by atoms with Crippen molar-refractivity contribution in [1.29, 1.82) is 0 Å². The average Bonchev–Trinajstić information content (AvgIpc) is 2.41. The number of carbonyl (C=O) groups excluding carboxylic acids is 2. The lowest BCUT2D eigenvalue weighted by Crippen LogP contribution is -2.39. The fourth-order valence-electron chi connectivity index (χ4n) is 1.46. The first kappa shape index (κ1) is 16.8. The monoisotopic (exact) mass is 290 g/mol. The Morgan fingerprint density at radius 3 is 2.43 bits per heavy atom. The molecule has 0 aliphatic heterocycles. The van der Waals surface area contributed by atoms with Crippen LogP contribution in [0.2, 0.25) is 0 Å². The zero-order valence-corrected chi connectivity index (χ0v) is 12.7. The molecule has 1 aromatic carbocycles. The van der Waals surface area contributed by atoms with Gasteiger partial charge in [0.2, 0.25) is 5.91 Å². The molecule has 0 fully saturated rings. The third kappa shape index (κ3) is 8.47. The van der Waals surface area contributed by atoms with Crippen molar-refractivity contribution in [1.82, 2.24) is 10.6 Å². The molecule has 0 radical (unpaired) electrons. The number of rotatable bonds is 5. The van der Waals surface area contributed by atoms with Crippen molar-refractivity contribution in [2.75, 3.05) is 13.1 Å². The summed E-state index contributed by atoms with van der Waals surface area (Å²) in [6.45, 7) is 5.60. The summed E-state index contributed by atoms with van der Waals surface area (Å²) in [7, 11) is 0. The number of hydrogen-bond donors (Lipinski definition) is 2. The van der Waals surface area contributed by atoms with Crippen molar-refractivity contribution in [3.63, 3.8) is 0 Å². The first-order chi connectivity index (χ1) is 9.87. The van der Waals surface area contributed by atoms with Crippen molar-refractivity contribution < 1.29 is 14.3 Å². The molecule has 1 aromatic rings. The second kappa shape index (κ2) is 8.09. The lowest BCUT2D eigenvalue weighted by atomic mass is 10.2. The van der Waals surface area contributed by atoms with Crippen LogP contribution in [0.1, 0.15) is 26.3 Å². The highest BCUT2D eigenvalue weighted by atomic mass is 16.6. The Kier molecular flexibility index (Phi) is 6.46. The molecule has 2 amide bonds. The van der Waals surface area contributed by atoms with Gasteiger partial charge in [-0.2, -0.15) is 0 Å². The van der Waals surface area contributed by atoms with E-state index in [4.69, 9.17) is 4.74 Å². The number of nitrogens with one attached hydrogen (secondary N) is 2. The predicted octanol–water partition coefficient (Wildman–Crippen LogP) is 2.34. The highest BCUT2D eigenvalue weighted by molar-refractivity contribution is 5.82. The molecule has 0 saturated heterocycles. The van der Waals surface area contributed by atoms with Crippen molar-refractivity contribution in [2.24, 2.45) is 0 Å².